The number of nitrogens with two attached hydrogens (primary N) is 1. The van der Waals surface area contributed by atoms with Crippen molar-refractivity contribution in [2.75, 3.05) is 6.61 Å². The van der Waals surface area contributed by atoms with Crippen LogP contribution in [0.15, 0.2) is 54.6 Å². The second-order valence-corrected chi connectivity index (χ2v) is 4.99. The van der Waals surface area contributed by atoms with Crippen LogP contribution < -0.4 is 10.5 Å². The van der Waals surface area contributed by atoms with Crippen LogP contribution in [-0.4, -0.2) is 6.61 Å². The molecule has 0 heterocycles. The van der Waals surface area contributed by atoms with Crippen LogP contribution in [0.25, 0.3) is 0 Å². The normalized spacial score (nSPS) is 12.1. The Balaban J connectivity index is 1.85. The summed E-state index contributed by atoms with van der Waals surface area (Å²) in [5.74, 6) is 0.906. The summed E-state index contributed by atoms with van der Waals surface area (Å²) in [5, 5.41) is 0. The minimum Gasteiger partial charge on any atom is -0.494 e. The first kappa shape index (κ1) is 14.6. The molecule has 0 fully saturated rings. The Kier molecular flexibility index (Phi) is 5.63. The third kappa shape index (κ3) is 4.39. The third-order valence-electron chi connectivity index (χ3n) is 3.42. The first-order chi connectivity index (χ1) is 9.79. The van der Waals surface area contributed by atoms with Crippen LogP contribution in [0.4, 0.5) is 0 Å². The summed E-state index contributed by atoms with van der Waals surface area (Å²) in [6, 6.07) is 18.8. The van der Waals surface area contributed by atoms with E-state index in [0.717, 1.165) is 30.6 Å². The zero-order valence-electron chi connectivity index (χ0n) is 12.1. The number of hydrogen-bond donors (Lipinski definition) is 1. The van der Waals surface area contributed by atoms with Gasteiger partial charge in [0.05, 0.1) is 6.61 Å². The van der Waals surface area contributed by atoms with Gasteiger partial charge in [0, 0.05) is 6.04 Å². The molecule has 0 saturated carbocycles. The summed E-state index contributed by atoms with van der Waals surface area (Å²) in [7, 11) is 0. The van der Waals surface area contributed by atoms with E-state index in [4.69, 9.17) is 10.5 Å². The zero-order valence-corrected chi connectivity index (χ0v) is 12.1. The van der Waals surface area contributed by atoms with Crippen molar-refractivity contribution in [3.63, 3.8) is 0 Å². The van der Waals surface area contributed by atoms with Gasteiger partial charge in [0.1, 0.15) is 5.75 Å². The maximum atomic E-state index is 6.27. The molecule has 106 valence electrons. The Morgan fingerprint density at radius 3 is 2.60 bits per heavy atom. The standard InChI is InChI=1S/C18H23NO/c1-2-20-17-12-7-11-16(14-17)18(19)13-6-10-15-8-4-3-5-9-15/h3-5,7-9,11-12,14,18H,2,6,10,13,19H2,1H3. The van der Waals surface area contributed by atoms with Crippen molar-refractivity contribution in [1.82, 2.24) is 0 Å². The predicted octanol–water partition coefficient (Wildman–Crippen LogP) is 4.11. The lowest BCUT2D eigenvalue weighted by molar-refractivity contribution is 0.339. The maximum Gasteiger partial charge on any atom is 0.119 e. The average Bonchev–Trinajstić information content (AvgIpc) is 2.49. The summed E-state index contributed by atoms with van der Waals surface area (Å²) in [5.41, 5.74) is 8.80. The molecule has 2 heteroatoms. The molecule has 0 spiro atoms. The minimum atomic E-state index is 0.0825. The molecule has 0 aromatic heterocycles. The van der Waals surface area contributed by atoms with E-state index in [1.807, 2.05) is 19.1 Å². The fraction of sp³-hybridized carbons (Fsp3) is 0.333. The Labute approximate surface area is 121 Å². The number of hydrogen-bond acceptors (Lipinski definition) is 2. The highest BCUT2D eigenvalue weighted by molar-refractivity contribution is 5.30. The molecule has 0 radical (unpaired) electrons. The summed E-state index contributed by atoms with van der Waals surface area (Å²) in [6.45, 7) is 2.68. The van der Waals surface area contributed by atoms with Gasteiger partial charge in [0.25, 0.3) is 0 Å². The van der Waals surface area contributed by atoms with Crippen LogP contribution in [0.3, 0.4) is 0 Å². The number of aryl methyl sites for hydroxylation is 1. The highest BCUT2D eigenvalue weighted by Crippen LogP contribution is 2.21. The van der Waals surface area contributed by atoms with Crippen LogP contribution in [-0.2, 0) is 6.42 Å². The highest BCUT2D eigenvalue weighted by atomic mass is 16.5. The van der Waals surface area contributed by atoms with Crippen LogP contribution in [0.2, 0.25) is 0 Å². The average molecular weight is 269 g/mol. The smallest absolute Gasteiger partial charge is 0.119 e. The highest BCUT2D eigenvalue weighted by Gasteiger charge is 2.07. The molecule has 0 bridgehead atoms. The minimum absolute atomic E-state index is 0.0825. The monoisotopic (exact) mass is 269 g/mol. The van der Waals surface area contributed by atoms with Gasteiger partial charge in [0.15, 0.2) is 0 Å². The largest absolute Gasteiger partial charge is 0.494 e. The first-order valence-corrected chi connectivity index (χ1v) is 7.32. The van der Waals surface area contributed by atoms with Gasteiger partial charge in [-0.15, -0.1) is 0 Å². The Morgan fingerprint density at radius 2 is 1.85 bits per heavy atom. The number of benzene rings is 2. The topological polar surface area (TPSA) is 35.2 Å². The Morgan fingerprint density at radius 1 is 1.05 bits per heavy atom. The molecule has 0 aliphatic rings. The quantitative estimate of drug-likeness (QED) is 0.821. The maximum absolute atomic E-state index is 6.27. The second kappa shape index (κ2) is 7.71. The molecule has 0 aliphatic heterocycles. The van der Waals surface area contributed by atoms with Crippen molar-refractivity contribution in [3.8, 4) is 5.75 Å². The molecule has 2 nitrogen and oxygen atoms in total. The van der Waals surface area contributed by atoms with E-state index >= 15 is 0 Å². The van der Waals surface area contributed by atoms with Gasteiger partial charge in [-0.25, -0.2) is 0 Å². The first-order valence-electron chi connectivity index (χ1n) is 7.32. The number of rotatable bonds is 7. The molecule has 0 amide bonds. The Hall–Kier alpha value is -1.80. The van der Waals surface area contributed by atoms with E-state index in [1.54, 1.807) is 0 Å². The van der Waals surface area contributed by atoms with E-state index in [-0.39, 0.29) is 6.04 Å². The fourth-order valence-electron chi connectivity index (χ4n) is 2.34. The van der Waals surface area contributed by atoms with Gasteiger partial charge in [-0.05, 0) is 49.4 Å². The van der Waals surface area contributed by atoms with E-state index in [1.165, 1.54) is 5.56 Å². The van der Waals surface area contributed by atoms with E-state index < -0.39 is 0 Å². The van der Waals surface area contributed by atoms with Crippen LogP contribution in [0, 0.1) is 0 Å². The fourth-order valence-corrected chi connectivity index (χ4v) is 2.34. The SMILES string of the molecule is CCOc1cccc(C(N)CCCc2ccccc2)c1. The Bertz CT molecular complexity index is 510. The van der Waals surface area contributed by atoms with Crippen molar-refractivity contribution >= 4 is 0 Å². The molecule has 2 aromatic carbocycles. The van der Waals surface area contributed by atoms with E-state index in [0.29, 0.717) is 6.61 Å². The van der Waals surface area contributed by atoms with Crippen LogP contribution in [0.5, 0.6) is 5.75 Å². The van der Waals surface area contributed by atoms with Crippen LogP contribution >= 0.6 is 0 Å². The van der Waals surface area contributed by atoms with Gasteiger partial charge < -0.3 is 10.5 Å². The van der Waals surface area contributed by atoms with Gasteiger partial charge >= 0.3 is 0 Å². The molecule has 1 atom stereocenters. The van der Waals surface area contributed by atoms with Crippen molar-refractivity contribution in [2.45, 2.75) is 32.2 Å². The summed E-state index contributed by atoms with van der Waals surface area (Å²) < 4.78 is 5.51. The third-order valence-corrected chi connectivity index (χ3v) is 3.42. The molecule has 1 unspecified atom stereocenters. The lowest BCUT2D eigenvalue weighted by Crippen LogP contribution is -2.10. The molecule has 0 saturated heterocycles. The predicted molar refractivity (Wildman–Crippen MR) is 83.9 cm³/mol. The van der Waals surface area contributed by atoms with Crippen molar-refractivity contribution < 1.29 is 4.74 Å². The summed E-state index contributed by atoms with van der Waals surface area (Å²) >= 11 is 0. The number of ether oxygens (including phenoxy) is 1. The molecular weight excluding hydrogens is 246 g/mol. The van der Waals surface area contributed by atoms with Crippen molar-refractivity contribution in [2.24, 2.45) is 5.73 Å². The van der Waals surface area contributed by atoms with E-state index in [9.17, 15) is 0 Å². The van der Waals surface area contributed by atoms with Gasteiger partial charge in [0.2, 0.25) is 0 Å². The zero-order chi connectivity index (χ0) is 14.2. The molecule has 2 aromatic rings. The molecular formula is C18H23NO. The van der Waals surface area contributed by atoms with Gasteiger partial charge in [-0.2, -0.15) is 0 Å². The second-order valence-electron chi connectivity index (χ2n) is 4.99. The summed E-state index contributed by atoms with van der Waals surface area (Å²) in [4.78, 5) is 0. The molecule has 0 aliphatic carbocycles. The summed E-state index contributed by atoms with van der Waals surface area (Å²) in [6.07, 6.45) is 3.17. The van der Waals surface area contributed by atoms with Crippen LogP contribution in [0.1, 0.15) is 36.9 Å². The molecule has 2 rings (SSSR count). The lowest BCUT2D eigenvalue weighted by Gasteiger charge is -2.13. The van der Waals surface area contributed by atoms with E-state index in [2.05, 4.69) is 42.5 Å². The van der Waals surface area contributed by atoms with Gasteiger partial charge in [-0.3, -0.25) is 0 Å². The van der Waals surface area contributed by atoms with Crippen molar-refractivity contribution in [3.05, 3.63) is 65.7 Å². The molecule has 2 N–H and O–H groups in total. The molecule has 20 heavy (non-hydrogen) atoms. The van der Waals surface area contributed by atoms with Gasteiger partial charge in [-0.1, -0.05) is 42.5 Å². The van der Waals surface area contributed by atoms with Crippen molar-refractivity contribution in [1.29, 1.82) is 0 Å². The lowest BCUT2D eigenvalue weighted by atomic mass is 9.99.